The fraction of sp³-hybridized carbons (Fsp3) is 0.167. The second-order valence-corrected chi connectivity index (χ2v) is 7.08. The third-order valence-corrected chi connectivity index (χ3v) is 5.34. The molecule has 0 aromatic heterocycles. The van der Waals surface area contributed by atoms with Crippen LogP contribution < -0.4 is 19.9 Å². The zero-order valence-corrected chi connectivity index (χ0v) is 17.0. The van der Waals surface area contributed by atoms with Crippen LogP contribution in [0.15, 0.2) is 48.5 Å². The fourth-order valence-electron chi connectivity index (χ4n) is 3.72. The van der Waals surface area contributed by atoms with Crippen molar-refractivity contribution in [2.75, 3.05) is 26.6 Å². The van der Waals surface area contributed by atoms with Crippen LogP contribution in [0, 0.1) is 6.92 Å². The number of aromatic hydroxyl groups is 2. The lowest BCUT2D eigenvalue weighted by molar-refractivity contribution is 0.339. The van der Waals surface area contributed by atoms with Gasteiger partial charge < -0.3 is 30.2 Å². The van der Waals surface area contributed by atoms with E-state index in [4.69, 9.17) is 19.9 Å². The van der Waals surface area contributed by atoms with Gasteiger partial charge >= 0.3 is 0 Å². The summed E-state index contributed by atoms with van der Waals surface area (Å²) in [5, 5.41) is 20.5. The Morgan fingerprint density at radius 3 is 2.13 bits per heavy atom. The number of ether oxygens (including phenoxy) is 3. The molecule has 0 saturated carbocycles. The molecule has 4 rings (SSSR count). The molecule has 0 atom stereocenters. The molecule has 0 fully saturated rings. The number of phenols is 2. The van der Waals surface area contributed by atoms with Crippen LogP contribution >= 0.6 is 0 Å². The van der Waals surface area contributed by atoms with E-state index in [-0.39, 0.29) is 18.1 Å². The Balaban J connectivity index is 2.03. The van der Waals surface area contributed by atoms with Gasteiger partial charge in [0.05, 0.1) is 14.2 Å². The van der Waals surface area contributed by atoms with E-state index >= 15 is 0 Å². The van der Waals surface area contributed by atoms with Crippen molar-refractivity contribution in [1.29, 1.82) is 0 Å². The first kappa shape index (κ1) is 19.5. The van der Waals surface area contributed by atoms with Crippen LogP contribution in [0.5, 0.6) is 28.7 Å². The molecule has 0 saturated heterocycles. The Labute approximate surface area is 174 Å². The van der Waals surface area contributed by atoms with Crippen LogP contribution in [-0.4, -0.2) is 31.0 Å². The summed E-state index contributed by atoms with van der Waals surface area (Å²) in [7, 11) is 2.98. The van der Waals surface area contributed by atoms with Crippen LogP contribution in [0.25, 0.3) is 11.1 Å². The average molecular weight is 405 g/mol. The Hall–Kier alpha value is -3.80. The van der Waals surface area contributed by atoms with Gasteiger partial charge in [-0.1, -0.05) is 12.1 Å². The Morgan fingerprint density at radius 2 is 1.53 bits per heavy atom. The Kier molecular flexibility index (Phi) is 4.91. The maximum absolute atomic E-state index is 10.3. The third kappa shape index (κ3) is 3.16. The van der Waals surface area contributed by atoms with Crippen molar-refractivity contribution in [3.05, 3.63) is 70.8 Å². The summed E-state index contributed by atoms with van der Waals surface area (Å²) in [5.74, 6) is 1.38. The van der Waals surface area contributed by atoms with E-state index in [1.165, 1.54) is 14.2 Å². The third-order valence-electron chi connectivity index (χ3n) is 5.34. The highest BCUT2D eigenvalue weighted by Gasteiger charge is 2.26. The predicted molar refractivity (Wildman–Crippen MR) is 116 cm³/mol. The lowest BCUT2D eigenvalue weighted by atomic mass is 9.86. The summed E-state index contributed by atoms with van der Waals surface area (Å²) in [5.41, 5.74) is 11.7. The topological polar surface area (TPSA) is 94.2 Å². The van der Waals surface area contributed by atoms with E-state index in [2.05, 4.69) is 0 Å². The van der Waals surface area contributed by atoms with Crippen molar-refractivity contribution in [3.8, 4) is 28.7 Å². The smallest absolute Gasteiger partial charge is 0.200 e. The van der Waals surface area contributed by atoms with Crippen LogP contribution in [0.3, 0.4) is 0 Å². The summed E-state index contributed by atoms with van der Waals surface area (Å²) in [6.07, 6.45) is 0. The molecular weight excluding hydrogens is 382 g/mol. The summed E-state index contributed by atoms with van der Waals surface area (Å²) < 4.78 is 16.7. The molecule has 3 aromatic carbocycles. The van der Waals surface area contributed by atoms with Gasteiger partial charge in [0.1, 0.15) is 18.1 Å². The van der Waals surface area contributed by atoms with E-state index in [1.807, 2.05) is 37.3 Å². The minimum Gasteiger partial charge on any atom is -0.508 e. The van der Waals surface area contributed by atoms with Gasteiger partial charge in [-0.15, -0.1) is 0 Å². The molecule has 1 heterocycles. The number of methoxy groups -OCH3 is 2. The number of nitrogen functional groups attached to an aromatic ring is 1. The molecule has 1 aliphatic rings. The van der Waals surface area contributed by atoms with Gasteiger partial charge in [-0.25, -0.2) is 0 Å². The first-order chi connectivity index (χ1) is 14.4. The monoisotopic (exact) mass is 405 g/mol. The van der Waals surface area contributed by atoms with Crippen molar-refractivity contribution in [2.45, 2.75) is 6.92 Å². The zero-order valence-electron chi connectivity index (χ0n) is 17.0. The molecule has 0 aliphatic carbocycles. The van der Waals surface area contributed by atoms with Gasteiger partial charge in [0.25, 0.3) is 0 Å². The molecule has 3 aromatic rings. The number of anilines is 1. The van der Waals surface area contributed by atoms with Crippen LogP contribution in [0.4, 0.5) is 5.69 Å². The quantitative estimate of drug-likeness (QED) is 0.559. The molecule has 4 N–H and O–H groups in total. The molecular formula is C24H23NO5. The lowest BCUT2D eigenvalue weighted by Gasteiger charge is -2.27. The molecule has 154 valence electrons. The zero-order chi connectivity index (χ0) is 21.4. The highest BCUT2D eigenvalue weighted by Crippen LogP contribution is 2.47. The summed E-state index contributed by atoms with van der Waals surface area (Å²) in [4.78, 5) is 0. The molecule has 0 amide bonds. The number of phenolic OH excluding ortho intramolecular Hbond substituents is 2. The summed E-state index contributed by atoms with van der Waals surface area (Å²) >= 11 is 0. The number of fused-ring (bicyclic) bond motifs is 1. The largest absolute Gasteiger partial charge is 0.508 e. The fourth-order valence-corrected chi connectivity index (χ4v) is 3.72. The average Bonchev–Trinajstić information content (AvgIpc) is 2.76. The Morgan fingerprint density at radius 1 is 0.900 bits per heavy atom. The van der Waals surface area contributed by atoms with Crippen molar-refractivity contribution < 1.29 is 24.4 Å². The van der Waals surface area contributed by atoms with Gasteiger partial charge in [-0.3, -0.25) is 0 Å². The van der Waals surface area contributed by atoms with Gasteiger partial charge in [0, 0.05) is 22.4 Å². The van der Waals surface area contributed by atoms with Gasteiger partial charge in [-0.2, -0.15) is 0 Å². The maximum Gasteiger partial charge on any atom is 0.200 e. The second-order valence-electron chi connectivity index (χ2n) is 7.08. The number of rotatable bonds is 4. The van der Waals surface area contributed by atoms with Crippen LogP contribution in [0.2, 0.25) is 0 Å². The standard InChI is InChI=1S/C24H23NO5/c1-13-19(26)9-8-17-22(14-4-6-16(25)7-5-14)18(12-30-24(13)17)15-10-20(28-2)23(27)21(11-15)29-3/h4-11,26-27H,12,25H2,1-3H3. The number of benzene rings is 3. The van der Waals surface area contributed by atoms with E-state index in [0.717, 1.165) is 27.8 Å². The molecule has 30 heavy (non-hydrogen) atoms. The van der Waals surface area contributed by atoms with Gasteiger partial charge in [0.2, 0.25) is 5.75 Å². The molecule has 0 spiro atoms. The molecule has 6 nitrogen and oxygen atoms in total. The second kappa shape index (κ2) is 7.55. The van der Waals surface area contributed by atoms with Crippen molar-refractivity contribution in [3.63, 3.8) is 0 Å². The molecule has 0 unspecified atom stereocenters. The molecule has 6 heteroatoms. The van der Waals surface area contributed by atoms with Gasteiger partial charge in [-0.05, 0) is 60.0 Å². The Bertz CT molecular complexity index is 1120. The highest BCUT2D eigenvalue weighted by atomic mass is 16.5. The number of nitrogens with two attached hydrogens (primary N) is 1. The normalized spacial score (nSPS) is 12.9. The van der Waals surface area contributed by atoms with Crippen LogP contribution in [0.1, 0.15) is 22.3 Å². The number of hydrogen-bond donors (Lipinski definition) is 3. The SMILES string of the molecule is COc1cc(C2=C(c3ccc(N)cc3)c3ccc(O)c(C)c3OC2)cc(OC)c1O. The maximum atomic E-state index is 10.3. The molecule has 0 radical (unpaired) electrons. The summed E-state index contributed by atoms with van der Waals surface area (Å²) in [6.45, 7) is 2.10. The van der Waals surface area contributed by atoms with Crippen molar-refractivity contribution in [1.82, 2.24) is 0 Å². The van der Waals surface area contributed by atoms with Gasteiger partial charge in [0.15, 0.2) is 11.5 Å². The molecule has 1 aliphatic heterocycles. The predicted octanol–water partition coefficient (Wildman–Crippen LogP) is 4.36. The van der Waals surface area contributed by atoms with E-state index in [1.54, 1.807) is 18.2 Å². The highest BCUT2D eigenvalue weighted by molar-refractivity contribution is 6.02. The minimum absolute atomic E-state index is 0.0590. The van der Waals surface area contributed by atoms with E-state index in [9.17, 15) is 10.2 Å². The van der Waals surface area contributed by atoms with Crippen molar-refractivity contribution in [2.24, 2.45) is 0 Å². The summed E-state index contributed by atoms with van der Waals surface area (Å²) in [6, 6.07) is 14.6. The van der Waals surface area contributed by atoms with E-state index in [0.29, 0.717) is 28.5 Å². The minimum atomic E-state index is -0.0590. The lowest BCUT2D eigenvalue weighted by Crippen LogP contribution is -2.13. The first-order valence-electron chi connectivity index (χ1n) is 9.44. The number of hydrogen-bond acceptors (Lipinski definition) is 6. The van der Waals surface area contributed by atoms with Crippen molar-refractivity contribution >= 4 is 16.8 Å². The van der Waals surface area contributed by atoms with E-state index < -0.39 is 0 Å². The first-order valence-corrected chi connectivity index (χ1v) is 9.44. The van der Waals surface area contributed by atoms with Crippen LogP contribution in [-0.2, 0) is 0 Å². The molecule has 0 bridgehead atoms.